The van der Waals surface area contributed by atoms with E-state index >= 15 is 0 Å². The zero-order valence-electron chi connectivity index (χ0n) is 8.76. The lowest BCUT2D eigenvalue weighted by Crippen LogP contribution is -2.39. The highest BCUT2D eigenvalue weighted by Gasteiger charge is 2.23. The van der Waals surface area contributed by atoms with Crippen LogP contribution in [0.2, 0.25) is 0 Å². The van der Waals surface area contributed by atoms with Gasteiger partial charge in [-0.1, -0.05) is 12.8 Å². The molecule has 13 heavy (non-hydrogen) atoms. The average molecular weight is 182 g/mol. The van der Waals surface area contributed by atoms with Gasteiger partial charge in [0, 0.05) is 18.6 Å². The molecule has 0 aromatic carbocycles. The SMILES string of the molecule is CN(C[C@H]1CCCN1)C1CCCC1. The molecule has 0 radical (unpaired) electrons. The van der Waals surface area contributed by atoms with Crippen LogP contribution < -0.4 is 5.32 Å². The van der Waals surface area contributed by atoms with E-state index in [-0.39, 0.29) is 0 Å². The van der Waals surface area contributed by atoms with Crippen LogP contribution in [0.15, 0.2) is 0 Å². The van der Waals surface area contributed by atoms with Crippen molar-refractivity contribution in [1.29, 1.82) is 0 Å². The van der Waals surface area contributed by atoms with E-state index in [1.54, 1.807) is 0 Å². The highest BCUT2D eigenvalue weighted by molar-refractivity contribution is 4.81. The second-order valence-electron chi connectivity index (χ2n) is 4.67. The molecule has 0 spiro atoms. The Bertz CT molecular complexity index is 146. The van der Waals surface area contributed by atoms with Crippen LogP contribution in [0.25, 0.3) is 0 Å². The largest absolute Gasteiger partial charge is 0.313 e. The van der Waals surface area contributed by atoms with E-state index in [1.807, 2.05) is 0 Å². The van der Waals surface area contributed by atoms with Crippen molar-refractivity contribution in [3.63, 3.8) is 0 Å². The lowest BCUT2D eigenvalue weighted by atomic mass is 10.1. The van der Waals surface area contributed by atoms with Crippen LogP contribution in [0.3, 0.4) is 0 Å². The second kappa shape index (κ2) is 4.43. The second-order valence-corrected chi connectivity index (χ2v) is 4.67. The summed E-state index contributed by atoms with van der Waals surface area (Å²) in [5.74, 6) is 0. The van der Waals surface area contributed by atoms with Gasteiger partial charge in [0.2, 0.25) is 0 Å². The summed E-state index contributed by atoms with van der Waals surface area (Å²) in [6.07, 6.45) is 8.53. The van der Waals surface area contributed by atoms with Gasteiger partial charge in [0.05, 0.1) is 0 Å². The van der Waals surface area contributed by atoms with E-state index in [1.165, 1.54) is 51.6 Å². The zero-order chi connectivity index (χ0) is 9.10. The zero-order valence-corrected chi connectivity index (χ0v) is 8.76. The van der Waals surface area contributed by atoms with Gasteiger partial charge in [0.15, 0.2) is 0 Å². The molecule has 1 aliphatic carbocycles. The Morgan fingerprint density at radius 2 is 1.92 bits per heavy atom. The van der Waals surface area contributed by atoms with Gasteiger partial charge in [-0.15, -0.1) is 0 Å². The van der Waals surface area contributed by atoms with Crippen molar-refractivity contribution in [2.75, 3.05) is 20.1 Å². The summed E-state index contributed by atoms with van der Waals surface area (Å²) >= 11 is 0. The van der Waals surface area contributed by atoms with E-state index in [0.717, 1.165) is 12.1 Å². The standard InChI is InChI=1S/C11H22N2/c1-13(11-6-2-3-7-11)9-10-5-4-8-12-10/h10-12H,2-9H2,1H3/t10-/m1/s1. The van der Waals surface area contributed by atoms with Crippen molar-refractivity contribution < 1.29 is 0 Å². The number of hydrogen-bond acceptors (Lipinski definition) is 2. The average Bonchev–Trinajstić information content (AvgIpc) is 2.74. The first kappa shape index (κ1) is 9.47. The molecule has 2 rings (SSSR count). The summed E-state index contributed by atoms with van der Waals surface area (Å²) < 4.78 is 0. The van der Waals surface area contributed by atoms with Crippen LogP contribution in [-0.2, 0) is 0 Å². The minimum atomic E-state index is 0.783. The van der Waals surface area contributed by atoms with Crippen LogP contribution in [0.1, 0.15) is 38.5 Å². The number of nitrogens with one attached hydrogen (secondary N) is 1. The fourth-order valence-corrected chi connectivity index (χ4v) is 2.75. The fourth-order valence-electron chi connectivity index (χ4n) is 2.75. The van der Waals surface area contributed by atoms with Gasteiger partial charge in [0.1, 0.15) is 0 Å². The fraction of sp³-hybridized carbons (Fsp3) is 1.00. The number of rotatable bonds is 3. The molecule has 2 nitrogen and oxygen atoms in total. The normalized spacial score (nSPS) is 30.5. The lowest BCUT2D eigenvalue weighted by Gasteiger charge is -2.26. The summed E-state index contributed by atoms with van der Waals surface area (Å²) in [4.78, 5) is 2.58. The molecule has 2 fully saturated rings. The molecule has 0 unspecified atom stereocenters. The van der Waals surface area contributed by atoms with Crippen LogP contribution in [0.4, 0.5) is 0 Å². The van der Waals surface area contributed by atoms with E-state index in [2.05, 4.69) is 17.3 Å². The van der Waals surface area contributed by atoms with Gasteiger partial charge in [-0.3, -0.25) is 0 Å². The molecule has 2 aliphatic rings. The third-order valence-corrected chi connectivity index (χ3v) is 3.62. The number of likely N-dealkylation sites (N-methyl/N-ethyl adjacent to an activating group) is 1. The Morgan fingerprint density at radius 3 is 2.54 bits per heavy atom. The van der Waals surface area contributed by atoms with E-state index in [9.17, 15) is 0 Å². The molecule has 1 saturated heterocycles. The van der Waals surface area contributed by atoms with Crippen molar-refractivity contribution in [1.82, 2.24) is 10.2 Å². The highest BCUT2D eigenvalue weighted by Crippen LogP contribution is 2.22. The Morgan fingerprint density at radius 1 is 1.15 bits per heavy atom. The van der Waals surface area contributed by atoms with Crippen LogP contribution in [0, 0.1) is 0 Å². The summed E-state index contributed by atoms with van der Waals surface area (Å²) in [5, 5.41) is 3.57. The molecule has 76 valence electrons. The van der Waals surface area contributed by atoms with Crippen LogP contribution in [-0.4, -0.2) is 37.1 Å². The Kier molecular flexibility index (Phi) is 3.23. The maximum Gasteiger partial charge on any atom is 0.0195 e. The predicted molar refractivity (Wildman–Crippen MR) is 55.9 cm³/mol. The molecule has 1 heterocycles. The van der Waals surface area contributed by atoms with Gasteiger partial charge in [-0.2, -0.15) is 0 Å². The van der Waals surface area contributed by atoms with Crippen molar-refractivity contribution >= 4 is 0 Å². The monoisotopic (exact) mass is 182 g/mol. The maximum absolute atomic E-state index is 3.57. The molecular weight excluding hydrogens is 160 g/mol. The first-order valence-electron chi connectivity index (χ1n) is 5.80. The maximum atomic E-state index is 3.57. The van der Waals surface area contributed by atoms with Gasteiger partial charge >= 0.3 is 0 Å². The lowest BCUT2D eigenvalue weighted by molar-refractivity contribution is 0.225. The number of hydrogen-bond donors (Lipinski definition) is 1. The molecule has 2 heteroatoms. The summed E-state index contributed by atoms with van der Waals surface area (Å²) in [6, 6.07) is 1.67. The molecule has 1 saturated carbocycles. The highest BCUT2D eigenvalue weighted by atomic mass is 15.2. The Labute approximate surface area is 81.7 Å². The van der Waals surface area contributed by atoms with Gasteiger partial charge in [-0.05, 0) is 39.3 Å². The quantitative estimate of drug-likeness (QED) is 0.713. The van der Waals surface area contributed by atoms with Crippen LogP contribution in [0.5, 0.6) is 0 Å². The van der Waals surface area contributed by atoms with Gasteiger partial charge < -0.3 is 10.2 Å². The van der Waals surface area contributed by atoms with Crippen molar-refractivity contribution in [3.05, 3.63) is 0 Å². The number of nitrogens with zero attached hydrogens (tertiary/aromatic N) is 1. The third kappa shape index (κ3) is 2.44. The first-order valence-corrected chi connectivity index (χ1v) is 5.80. The summed E-state index contributed by atoms with van der Waals surface area (Å²) in [5.41, 5.74) is 0. The summed E-state index contributed by atoms with van der Waals surface area (Å²) in [6.45, 7) is 2.51. The predicted octanol–water partition coefficient (Wildman–Crippen LogP) is 1.61. The van der Waals surface area contributed by atoms with E-state index < -0.39 is 0 Å². The first-order chi connectivity index (χ1) is 6.36. The smallest absolute Gasteiger partial charge is 0.0195 e. The van der Waals surface area contributed by atoms with Crippen molar-refractivity contribution in [2.24, 2.45) is 0 Å². The minimum Gasteiger partial charge on any atom is -0.313 e. The van der Waals surface area contributed by atoms with Gasteiger partial charge in [0.25, 0.3) is 0 Å². The Balaban J connectivity index is 1.73. The van der Waals surface area contributed by atoms with Crippen LogP contribution >= 0.6 is 0 Å². The molecule has 0 aromatic rings. The van der Waals surface area contributed by atoms with Gasteiger partial charge in [-0.25, -0.2) is 0 Å². The summed E-state index contributed by atoms with van der Waals surface area (Å²) in [7, 11) is 2.30. The molecule has 1 N–H and O–H groups in total. The van der Waals surface area contributed by atoms with Crippen molar-refractivity contribution in [2.45, 2.75) is 50.6 Å². The Hall–Kier alpha value is -0.0800. The molecule has 0 amide bonds. The third-order valence-electron chi connectivity index (χ3n) is 3.62. The molecule has 1 atom stereocenters. The minimum absolute atomic E-state index is 0.783. The molecular formula is C11H22N2. The molecule has 0 aromatic heterocycles. The molecule has 0 bridgehead atoms. The van der Waals surface area contributed by atoms with E-state index in [0.29, 0.717) is 0 Å². The molecule has 1 aliphatic heterocycles. The van der Waals surface area contributed by atoms with Crippen molar-refractivity contribution in [3.8, 4) is 0 Å². The van der Waals surface area contributed by atoms with E-state index in [4.69, 9.17) is 0 Å². The topological polar surface area (TPSA) is 15.3 Å².